The van der Waals surface area contributed by atoms with Gasteiger partial charge in [-0.2, -0.15) is 4.98 Å². The zero-order chi connectivity index (χ0) is 17.9. The standard InChI is InChI=1S/C17H20ClN7S/c1-24-5-7-25(8-6-24)17-22-13-11-21-14(18)10-12(13)16(23-17)20-3-2-15-19-4-9-26-15/h4,9-11H,2-3,5-8H2,1H3,(H,20,22,23). The van der Waals surface area contributed by atoms with E-state index in [1.807, 2.05) is 17.6 Å². The van der Waals surface area contributed by atoms with Gasteiger partial charge >= 0.3 is 0 Å². The summed E-state index contributed by atoms with van der Waals surface area (Å²) in [6.07, 6.45) is 4.40. The molecule has 4 heterocycles. The first-order chi connectivity index (χ1) is 12.7. The van der Waals surface area contributed by atoms with Gasteiger partial charge in [0.1, 0.15) is 11.0 Å². The molecule has 1 N–H and O–H groups in total. The number of hydrogen-bond acceptors (Lipinski definition) is 8. The average molecular weight is 390 g/mol. The summed E-state index contributed by atoms with van der Waals surface area (Å²) in [7, 11) is 2.14. The number of rotatable bonds is 5. The highest BCUT2D eigenvalue weighted by Crippen LogP contribution is 2.25. The number of thiazole rings is 1. The van der Waals surface area contributed by atoms with Crippen LogP contribution in [0, 0.1) is 0 Å². The third-order valence-electron chi connectivity index (χ3n) is 4.44. The highest BCUT2D eigenvalue weighted by molar-refractivity contribution is 7.09. The summed E-state index contributed by atoms with van der Waals surface area (Å²) < 4.78 is 0. The fourth-order valence-corrected chi connectivity index (χ4v) is 3.72. The Hall–Kier alpha value is -2.03. The molecule has 7 nitrogen and oxygen atoms in total. The minimum atomic E-state index is 0.441. The van der Waals surface area contributed by atoms with Gasteiger partial charge in [-0.15, -0.1) is 11.3 Å². The SMILES string of the molecule is CN1CCN(c2nc(NCCc3nccs3)c3cc(Cl)ncc3n2)CC1. The number of pyridine rings is 1. The van der Waals surface area contributed by atoms with E-state index in [9.17, 15) is 0 Å². The largest absolute Gasteiger partial charge is 0.369 e. The molecule has 3 aromatic rings. The van der Waals surface area contributed by atoms with Crippen molar-refractivity contribution >= 4 is 45.6 Å². The van der Waals surface area contributed by atoms with Crippen LogP contribution < -0.4 is 10.2 Å². The monoisotopic (exact) mass is 389 g/mol. The van der Waals surface area contributed by atoms with Crippen molar-refractivity contribution in [3.05, 3.63) is 34.0 Å². The van der Waals surface area contributed by atoms with Crippen molar-refractivity contribution in [2.24, 2.45) is 0 Å². The number of nitrogens with zero attached hydrogens (tertiary/aromatic N) is 6. The van der Waals surface area contributed by atoms with E-state index < -0.39 is 0 Å². The third-order valence-corrected chi connectivity index (χ3v) is 5.48. The Kier molecular flexibility index (Phi) is 5.14. The van der Waals surface area contributed by atoms with E-state index in [1.165, 1.54) is 0 Å². The van der Waals surface area contributed by atoms with E-state index in [-0.39, 0.29) is 0 Å². The molecule has 0 atom stereocenters. The van der Waals surface area contributed by atoms with Crippen molar-refractivity contribution in [1.29, 1.82) is 0 Å². The molecule has 0 unspecified atom stereocenters. The Bertz CT molecular complexity index is 878. The zero-order valence-corrected chi connectivity index (χ0v) is 16.1. The molecule has 1 aliphatic heterocycles. The second-order valence-electron chi connectivity index (χ2n) is 6.29. The molecular formula is C17H20ClN7S. The fourth-order valence-electron chi connectivity index (χ4n) is 2.94. The second-order valence-corrected chi connectivity index (χ2v) is 7.66. The molecular weight excluding hydrogens is 370 g/mol. The highest BCUT2D eigenvalue weighted by Gasteiger charge is 2.18. The van der Waals surface area contributed by atoms with Crippen LogP contribution in [0.1, 0.15) is 5.01 Å². The Morgan fingerprint density at radius 1 is 1.19 bits per heavy atom. The minimum absolute atomic E-state index is 0.441. The lowest BCUT2D eigenvalue weighted by atomic mass is 10.2. The van der Waals surface area contributed by atoms with Crippen LogP contribution in [0.2, 0.25) is 5.15 Å². The quantitative estimate of drug-likeness (QED) is 0.672. The molecule has 9 heteroatoms. The van der Waals surface area contributed by atoms with Gasteiger partial charge in [-0.1, -0.05) is 11.6 Å². The van der Waals surface area contributed by atoms with Crippen molar-refractivity contribution < 1.29 is 0 Å². The molecule has 1 aliphatic rings. The van der Waals surface area contributed by atoms with E-state index in [0.29, 0.717) is 5.15 Å². The van der Waals surface area contributed by atoms with Gasteiger partial charge in [0.2, 0.25) is 5.95 Å². The molecule has 1 fully saturated rings. The van der Waals surface area contributed by atoms with Gasteiger partial charge in [-0.25, -0.2) is 15.0 Å². The molecule has 3 aromatic heterocycles. The van der Waals surface area contributed by atoms with Crippen LogP contribution in [0.5, 0.6) is 0 Å². The molecule has 0 saturated carbocycles. The zero-order valence-electron chi connectivity index (χ0n) is 14.5. The molecule has 0 bridgehead atoms. The predicted octanol–water partition coefficient (Wildman–Crippen LogP) is 2.54. The van der Waals surface area contributed by atoms with E-state index in [4.69, 9.17) is 21.6 Å². The summed E-state index contributed by atoms with van der Waals surface area (Å²) in [6.45, 7) is 4.60. The third kappa shape index (κ3) is 3.87. The summed E-state index contributed by atoms with van der Waals surface area (Å²) in [5.74, 6) is 1.54. The maximum absolute atomic E-state index is 6.09. The van der Waals surface area contributed by atoms with Crippen molar-refractivity contribution in [2.75, 3.05) is 50.0 Å². The Morgan fingerprint density at radius 2 is 2.04 bits per heavy atom. The maximum Gasteiger partial charge on any atom is 0.228 e. The normalized spacial score (nSPS) is 15.5. The number of halogens is 1. The topological polar surface area (TPSA) is 70.1 Å². The highest BCUT2D eigenvalue weighted by atomic mass is 35.5. The van der Waals surface area contributed by atoms with Gasteiger partial charge < -0.3 is 15.1 Å². The fraction of sp³-hybridized carbons (Fsp3) is 0.412. The van der Waals surface area contributed by atoms with Gasteiger partial charge in [0.25, 0.3) is 0 Å². The summed E-state index contributed by atoms with van der Waals surface area (Å²) >= 11 is 7.75. The summed E-state index contributed by atoms with van der Waals surface area (Å²) in [5, 5.41) is 7.86. The Balaban J connectivity index is 1.61. The van der Waals surface area contributed by atoms with Crippen molar-refractivity contribution in [1.82, 2.24) is 24.8 Å². The van der Waals surface area contributed by atoms with Gasteiger partial charge in [0, 0.05) is 56.1 Å². The average Bonchev–Trinajstić information content (AvgIpc) is 3.16. The number of aromatic nitrogens is 4. The Labute approximate surface area is 161 Å². The first-order valence-corrected chi connectivity index (χ1v) is 9.84. The second kappa shape index (κ2) is 7.69. The molecule has 0 radical (unpaired) electrons. The molecule has 0 amide bonds. The van der Waals surface area contributed by atoms with Crippen LogP contribution in [0.4, 0.5) is 11.8 Å². The molecule has 136 valence electrons. The van der Waals surface area contributed by atoms with Gasteiger partial charge in [0.05, 0.1) is 16.7 Å². The van der Waals surface area contributed by atoms with Crippen LogP contribution in [-0.2, 0) is 6.42 Å². The number of nitrogens with one attached hydrogen (secondary N) is 1. The number of hydrogen-bond donors (Lipinski definition) is 1. The molecule has 0 aromatic carbocycles. The predicted molar refractivity (Wildman–Crippen MR) is 106 cm³/mol. The van der Waals surface area contributed by atoms with Gasteiger partial charge in [-0.05, 0) is 13.1 Å². The van der Waals surface area contributed by atoms with Crippen LogP contribution >= 0.6 is 22.9 Å². The lowest BCUT2D eigenvalue weighted by Gasteiger charge is -2.32. The lowest BCUT2D eigenvalue weighted by molar-refractivity contribution is 0.311. The number of likely N-dealkylation sites (N-methyl/N-ethyl adjacent to an activating group) is 1. The van der Waals surface area contributed by atoms with Crippen LogP contribution in [0.25, 0.3) is 10.9 Å². The summed E-state index contributed by atoms with van der Waals surface area (Å²) in [6, 6.07) is 1.82. The first kappa shape index (κ1) is 17.4. The van der Waals surface area contributed by atoms with E-state index in [2.05, 4.69) is 32.1 Å². The minimum Gasteiger partial charge on any atom is -0.369 e. The van der Waals surface area contributed by atoms with E-state index in [0.717, 1.165) is 66.8 Å². The molecule has 26 heavy (non-hydrogen) atoms. The number of piperazine rings is 1. The molecule has 0 aliphatic carbocycles. The molecule has 4 rings (SSSR count). The van der Waals surface area contributed by atoms with Gasteiger partial charge in [-0.3, -0.25) is 0 Å². The van der Waals surface area contributed by atoms with Crippen molar-refractivity contribution in [2.45, 2.75) is 6.42 Å². The molecule has 1 saturated heterocycles. The lowest BCUT2D eigenvalue weighted by Crippen LogP contribution is -2.45. The van der Waals surface area contributed by atoms with Crippen LogP contribution in [0.15, 0.2) is 23.8 Å². The smallest absolute Gasteiger partial charge is 0.228 e. The van der Waals surface area contributed by atoms with E-state index >= 15 is 0 Å². The molecule has 0 spiro atoms. The van der Waals surface area contributed by atoms with Crippen molar-refractivity contribution in [3.8, 4) is 0 Å². The maximum atomic E-state index is 6.09. The van der Waals surface area contributed by atoms with Crippen LogP contribution in [-0.4, -0.2) is 64.6 Å². The van der Waals surface area contributed by atoms with Gasteiger partial charge in [0.15, 0.2) is 0 Å². The summed E-state index contributed by atoms with van der Waals surface area (Å²) in [5.41, 5.74) is 0.801. The number of fused-ring (bicyclic) bond motifs is 1. The van der Waals surface area contributed by atoms with Crippen LogP contribution in [0.3, 0.4) is 0 Å². The van der Waals surface area contributed by atoms with Crippen molar-refractivity contribution in [3.63, 3.8) is 0 Å². The van der Waals surface area contributed by atoms with E-state index in [1.54, 1.807) is 17.5 Å². The summed E-state index contributed by atoms with van der Waals surface area (Å²) in [4.78, 5) is 22.5. The first-order valence-electron chi connectivity index (χ1n) is 8.58. The number of anilines is 2. The Morgan fingerprint density at radius 3 is 2.81 bits per heavy atom.